The minimum absolute atomic E-state index is 0.132. The van der Waals surface area contributed by atoms with Crippen molar-refractivity contribution in [2.24, 2.45) is 11.8 Å². The van der Waals surface area contributed by atoms with Crippen LogP contribution in [0.4, 0.5) is 4.79 Å². The second kappa shape index (κ2) is 7.48. The van der Waals surface area contributed by atoms with Crippen molar-refractivity contribution in [1.29, 1.82) is 0 Å². The molecule has 2 fully saturated rings. The molecule has 0 radical (unpaired) electrons. The van der Waals surface area contributed by atoms with Gasteiger partial charge in [0.1, 0.15) is 6.04 Å². The van der Waals surface area contributed by atoms with Gasteiger partial charge in [0, 0.05) is 12.3 Å². The number of rotatable bonds is 6. The summed E-state index contributed by atoms with van der Waals surface area (Å²) in [6, 6.07) is -0.445. The van der Waals surface area contributed by atoms with Crippen molar-refractivity contribution in [3.8, 4) is 0 Å². The Hall–Kier alpha value is -1.51. The number of amides is 2. The van der Waals surface area contributed by atoms with Gasteiger partial charge in [-0.25, -0.2) is 0 Å². The zero-order valence-electron chi connectivity index (χ0n) is 11.6. The highest BCUT2D eigenvalue weighted by Crippen LogP contribution is 2.28. The van der Waals surface area contributed by atoms with Crippen molar-refractivity contribution in [1.82, 2.24) is 10.6 Å². The van der Waals surface area contributed by atoms with E-state index in [2.05, 4.69) is 15.5 Å². The molecule has 3 atom stereocenters. The van der Waals surface area contributed by atoms with Crippen molar-refractivity contribution in [3.05, 3.63) is 10.1 Å². The normalized spacial score (nSPS) is 28.8. The average Bonchev–Trinajstić information content (AvgIpc) is 2.90. The van der Waals surface area contributed by atoms with Crippen molar-refractivity contribution in [2.45, 2.75) is 31.7 Å². The van der Waals surface area contributed by atoms with Gasteiger partial charge in [0.15, 0.2) is 0 Å². The van der Waals surface area contributed by atoms with Crippen LogP contribution in [0.1, 0.15) is 25.7 Å². The first-order valence-corrected chi connectivity index (χ1v) is 8.01. The maximum Gasteiger partial charge on any atom is 0.294 e. The van der Waals surface area contributed by atoms with E-state index in [1.807, 2.05) is 0 Å². The number of hydrogen-bond acceptors (Lipinski definition) is 6. The monoisotopic (exact) mass is 317 g/mol. The molecule has 0 spiro atoms. The van der Waals surface area contributed by atoms with Crippen LogP contribution in [0, 0.1) is 22.0 Å². The van der Waals surface area contributed by atoms with Gasteiger partial charge < -0.3 is 15.5 Å². The molecule has 0 aromatic heterocycles. The van der Waals surface area contributed by atoms with Crippen LogP contribution in [-0.4, -0.2) is 41.2 Å². The van der Waals surface area contributed by atoms with E-state index in [1.165, 1.54) is 0 Å². The number of thioether (sulfide) groups is 1. The summed E-state index contributed by atoms with van der Waals surface area (Å²) in [6.07, 6.45) is 3.73. The first-order valence-electron chi connectivity index (χ1n) is 7.03. The van der Waals surface area contributed by atoms with Crippen LogP contribution in [-0.2, 0) is 9.63 Å². The molecule has 0 aromatic rings. The zero-order chi connectivity index (χ0) is 15.2. The first-order chi connectivity index (χ1) is 10.0. The third kappa shape index (κ3) is 5.07. The Morgan fingerprint density at radius 1 is 1.48 bits per heavy atom. The zero-order valence-corrected chi connectivity index (χ0v) is 12.4. The first kappa shape index (κ1) is 15.9. The van der Waals surface area contributed by atoms with Gasteiger partial charge in [0.05, 0.1) is 6.61 Å². The molecule has 1 heterocycles. The molecular formula is C12H19N3O5S. The quantitative estimate of drug-likeness (QED) is 0.557. The summed E-state index contributed by atoms with van der Waals surface area (Å²) in [5, 5.41) is 14.7. The molecule has 1 saturated carbocycles. The Morgan fingerprint density at radius 3 is 2.90 bits per heavy atom. The number of nitrogens with one attached hydrogen (secondary N) is 2. The number of carbonyl (C=O) groups excluding carboxylic acids is 2. The van der Waals surface area contributed by atoms with Gasteiger partial charge in [-0.3, -0.25) is 9.59 Å². The highest BCUT2D eigenvalue weighted by molar-refractivity contribution is 8.14. The van der Waals surface area contributed by atoms with Crippen LogP contribution in [0.5, 0.6) is 0 Å². The van der Waals surface area contributed by atoms with Crippen LogP contribution >= 0.6 is 11.8 Å². The third-order valence-electron chi connectivity index (χ3n) is 3.86. The Morgan fingerprint density at radius 2 is 2.24 bits per heavy atom. The van der Waals surface area contributed by atoms with E-state index in [0.717, 1.165) is 37.4 Å². The van der Waals surface area contributed by atoms with Crippen molar-refractivity contribution in [2.75, 3.05) is 18.9 Å². The molecule has 0 bridgehead atoms. The molecule has 2 N–H and O–H groups in total. The molecule has 2 aliphatic rings. The maximum absolute atomic E-state index is 11.9. The number of hydrogen-bond donors (Lipinski definition) is 2. The SMILES string of the molecule is O=C1N[C@H](C(=O)NCC2CCCC(CO[N+](=O)[O-])C2)CS1. The topological polar surface area (TPSA) is 111 Å². The molecule has 118 valence electrons. The van der Waals surface area contributed by atoms with Crippen LogP contribution < -0.4 is 10.6 Å². The second-order valence-electron chi connectivity index (χ2n) is 5.46. The largest absolute Gasteiger partial charge is 0.354 e. The standard InChI is InChI=1S/C12H19N3O5S/c16-11(10-7-21-12(17)14-10)13-5-8-2-1-3-9(4-8)6-20-15(18)19/h8-10H,1-7H2,(H,13,16)(H,14,17)/t8?,9?,10-/m0/s1. The lowest BCUT2D eigenvalue weighted by atomic mass is 9.82. The lowest BCUT2D eigenvalue weighted by molar-refractivity contribution is -0.759. The van der Waals surface area contributed by atoms with Crippen LogP contribution in [0.3, 0.4) is 0 Å². The molecule has 2 amide bonds. The van der Waals surface area contributed by atoms with E-state index in [9.17, 15) is 19.7 Å². The highest BCUT2D eigenvalue weighted by Gasteiger charge is 2.29. The highest BCUT2D eigenvalue weighted by atomic mass is 32.2. The van der Waals surface area contributed by atoms with E-state index in [-0.39, 0.29) is 23.7 Å². The Balaban J connectivity index is 1.69. The fourth-order valence-electron chi connectivity index (χ4n) is 2.80. The molecule has 8 nitrogen and oxygen atoms in total. The molecule has 21 heavy (non-hydrogen) atoms. The molecule has 9 heteroatoms. The molecule has 0 aromatic carbocycles. The number of carbonyl (C=O) groups is 2. The second-order valence-corrected chi connectivity index (χ2v) is 6.45. The van der Waals surface area contributed by atoms with E-state index < -0.39 is 11.1 Å². The lowest BCUT2D eigenvalue weighted by Crippen LogP contribution is -2.44. The summed E-state index contributed by atoms with van der Waals surface area (Å²) in [5.41, 5.74) is 0. The minimum Gasteiger partial charge on any atom is -0.354 e. The Labute approximate surface area is 126 Å². The predicted molar refractivity (Wildman–Crippen MR) is 76.2 cm³/mol. The van der Waals surface area contributed by atoms with E-state index in [0.29, 0.717) is 18.2 Å². The average molecular weight is 317 g/mol. The third-order valence-corrected chi connectivity index (χ3v) is 4.74. The summed E-state index contributed by atoms with van der Waals surface area (Å²) in [6.45, 7) is 0.678. The molecule has 2 unspecified atom stereocenters. The molecule has 2 rings (SSSR count). The minimum atomic E-state index is -0.758. The smallest absolute Gasteiger partial charge is 0.294 e. The summed E-state index contributed by atoms with van der Waals surface area (Å²) in [7, 11) is 0. The van der Waals surface area contributed by atoms with Gasteiger partial charge in [-0.05, 0) is 31.1 Å². The Bertz CT molecular complexity index is 420. The van der Waals surface area contributed by atoms with Crippen LogP contribution in [0.2, 0.25) is 0 Å². The van der Waals surface area contributed by atoms with E-state index in [1.54, 1.807) is 0 Å². The maximum atomic E-state index is 11.9. The fourth-order valence-corrected chi connectivity index (χ4v) is 3.58. The lowest BCUT2D eigenvalue weighted by Gasteiger charge is -2.28. The van der Waals surface area contributed by atoms with Crippen LogP contribution in [0.25, 0.3) is 0 Å². The van der Waals surface area contributed by atoms with Gasteiger partial charge >= 0.3 is 0 Å². The summed E-state index contributed by atoms with van der Waals surface area (Å²) >= 11 is 1.11. The van der Waals surface area contributed by atoms with Crippen LogP contribution in [0.15, 0.2) is 0 Å². The van der Waals surface area contributed by atoms with Gasteiger partial charge in [-0.1, -0.05) is 18.2 Å². The van der Waals surface area contributed by atoms with Gasteiger partial charge in [0.2, 0.25) is 5.91 Å². The molecule has 1 saturated heterocycles. The molecular weight excluding hydrogens is 298 g/mol. The van der Waals surface area contributed by atoms with Gasteiger partial charge in [0.25, 0.3) is 10.3 Å². The van der Waals surface area contributed by atoms with Gasteiger partial charge in [-0.15, -0.1) is 10.1 Å². The van der Waals surface area contributed by atoms with Crippen molar-refractivity contribution >= 4 is 22.9 Å². The fraction of sp³-hybridized carbons (Fsp3) is 0.833. The summed E-state index contributed by atoms with van der Waals surface area (Å²) in [5.74, 6) is 0.798. The molecule has 1 aliphatic carbocycles. The van der Waals surface area contributed by atoms with E-state index in [4.69, 9.17) is 0 Å². The summed E-state index contributed by atoms with van der Waals surface area (Å²) < 4.78 is 0. The Kier molecular flexibility index (Phi) is 5.66. The summed E-state index contributed by atoms with van der Waals surface area (Å²) in [4.78, 5) is 37.5. The molecule has 1 aliphatic heterocycles. The number of nitrogens with zero attached hydrogens (tertiary/aromatic N) is 1. The van der Waals surface area contributed by atoms with E-state index >= 15 is 0 Å². The van der Waals surface area contributed by atoms with Gasteiger partial charge in [-0.2, -0.15) is 0 Å². The van der Waals surface area contributed by atoms with Crippen molar-refractivity contribution in [3.63, 3.8) is 0 Å². The predicted octanol–water partition coefficient (Wildman–Crippen LogP) is 0.942. The van der Waals surface area contributed by atoms with Crippen molar-refractivity contribution < 1.29 is 19.5 Å².